The molecule has 8 nitrogen and oxygen atoms in total. The van der Waals surface area contributed by atoms with Crippen LogP contribution in [0.15, 0.2) is 88.8 Å². The number of nitrogens with zero attached hydrogens (tertiary/aromatic N) is 5. The molecule has 0 saturated heterocycles. The van der Waals surface area contributed by atoms with Gasteiger partial charge in [0.25, 0.3) is 0 Å². The number of carbonyl (C=O) groups excluding carboxylic acids is 1. The van der Waals surface area contributed by atoms with Crippen LogP contribution in [0.4, 0.5) is 5.95 Å². The third-order valence-corrected chi connectivity index (χ3v) is 6.72. The van der Waals surface area contributed by atoms with Crippen LogP contribution in [-0.4, -0.2) is 32.6 Å². The summed E-state index contributed by atoms with van der Waals surface area (Å²) in [4.78, 5) is 24.9. The molecule has 5 rings (SSSR count). The van der Waals surface area contributed by atoms with Crippen LogP contribution in [0.1, 0.15) is 33.0 Å². The number of aromatic nitrogens is 3. The van der Waals surface area contributed by atoms with E-state index in [4.69, 9.17) is 19.8 Å². The van der Waals surface area contributed by atoms with Gasteiger partial charge in [-0.3, -0.25) is 4.57 Å². The Morgan fingerprint density at radius 3 is 2.56 bits per heavy atom. The van der Waals surface area contributed by atoms with Gasteiger partial charge in [0.05, 0.1) is 24.4 Å². The summed E-state index contributed by atoms with van der Waals surface area (Å²) in [5, 5.41) is 11.9. The summed E-state index contributed by atoms with van der Waals surface area (Å²) >= 11 is 7.67. The zero-order valence-electron chi connectivity index (χ0n) is 19.2. The minimum Gasteiger partial charge on any atom is -0.391 e. The molecule has 4 aromatic rings. The number of hydrogen-bond acceptors (Lipinski definition) is 6. The Balaban J connectivity index is 1.49. The van der Waals surface area contributed by atoms with Crippen molar-refractivity contribution < 1.29 is 7.86 Å². The van der Waals surface area contributed by atoms with Crippen LogP contribution in [0.25, 0.3) is 0 Å². The fourth-order valence-electron chi connectivity index (χ4n) is 4.27. The number of benzene rings is 3. The van der Waals surface area contributed by atoms with Gasteiger partial charge in [-0.2, -0.15) is 5.10 Å². The highest BCUT2D eigenvalue weighted by Crippen LogP contribution is 2.31. The lowest BCUT2D eigenvalue weighted by Gasteiger charge is -2.15. The molecule has 0 radical (unpaired) electrons. The number of hydrogen-bond donors (Lipinski definition) is 0. The normalized spacial score (nSPS) is 15.1. The second-order valence-corrected chi connectivity index (χ2v) is 9.28. The van der Waals surface area contributed by atoms with E-state index in [1.54, 1.807) is 53.3 Å². The minimum atomic E-state index is -0.445. The van der Waals surface area contributed by atoms with Crippen LogP contribution in [-0.2, 0) is 16.7 Å². The van der Waals surface area contributed by atoms with Gasteiger partial charge in [0, 0.05) is 18.0 Å². The van der Waals surface area contributed by atoms with Crippen LogP contribution in [0.2, 0.25) is 5.02 Å². The average molecular weight is 614 g/mol. The van der Waals surface area contributed by atoms with Crippen LogP contribution in [0.5, 0.6) is 0 Å². The first kappa shape index (κ1) is 24.3. The summed E-state index contributed by atoms with van der Waals surface area (Å²) in [6.45, 7) is 0.738. The molecule has 0 saturated carbocycles. The topological polar surface area (TPSA) is 81.7 Å². The molecule has 0 fully saturated rings. The molecule has 2 heterocycles. The molecule has 0 aliphatic carbocycles. The first-order chi connectivity index (χ1) is 17.4. The summed E-state index contributed by atoms with van der Waals surface area (Å²) in [5.74, 6) is -0.0177. The fourth-order valence-corrected chi connectivity index (χ4v) is 4.65. The van der Waals surface area contributed by atoms with Crippen molar-refractivity contribution in [2.45, 2.75) is 12.5 Å². The van der Waals surface area contributed by atoms with Gasteiger partial charge in [-0.1, -0.05) is 66.2 Å². The monoisotopic (exact) mass is 613 g/mol. The zero-order chi connectivity index (χ0) is 25.2. The van der Waals surface area contributed by atoms with Crippen molar-refractivity contribution in [1.29, 1.82) is 0 Å². The Labute approximate surface area is 226 Å². The summed E-state index contributed by atoms with van der Waals surface area (Å²) in [6, 6.07) is 24.7. The van der Waals surface area contributed by atoms with Gasteiger partial charge >= 0.3 is 11.7 Å². The quantitative estimate of drug-likeness (QED) is 0.292. The zero-order valence-corrected chi connectivity index (χ0v) is 22.1. The van der Waals surface area contributed by atoms with Gasteiger partial charge in [-0.15, -0.1) is 5.10 Å². The Bertz CT molecular complexity index is 1500. The minimum absolute atomic E-state index is 0.0106. The molecule has 10 heteroatoms. The Kier molecular flexibility index (Phi) is 6.92. The van der Waals surface area contributed by atoms with Crippen molar-refractivity contribution in [3.63, 3.8) is 0 Å². The van der Waals surface area contributed by atoms with Crippen LogP contribution < -0.4 is 10.7 Å². The predicted octanol–water partition coefficient (Wildman–Crippen LogP) is 4.80. The van der Waals surface area contributed by atoms with E-state index in [0.717, 1.165) is 22.4 Å². The molecule has 0 N–H and O–H groups in total. The highest BCUT2D eigenvalue weighted by Gasteiger charge is 2.32. The number of anilines is 1. The van der Waals surface area contributed by atoms with Crippen molar-refractivity contribution >= 4 is 52.2 Å². The molecule has 1 atom stereocenters. The van der Waals surface area contributed by atoms with E-state index >= 15 is 0 Å². The lowest BCUT2D eigenvalue weighted by atomic mass is 9.91. The van der Waals surface area contributed by atoms with Gasteiger partial charge in [0.15, 0.2) is 23.0 Å². The van der Waals surface area contributed by atoms with Crippen molar-refractivity contribution in [3.05, 3.63) is 117 Å². The number of carbonyl (C=O) groups is 1. The van der Waals surface area contributed by atoms with Crippen molar-refractivity contribution in [1.82, 2.24) is 14.3 Å². The molecule has 0 spiro atoms. The second-order valence-electron chi connectivity index (χ2n) is 8.40. The summed E-state index contributed by atoms with van der Waals surface area (Å²) in [6.07, 6.45) is 0. The standard InChI is InChI=1S/C26H21ClIN5O3/c1-31-25(30-33(26(31)35)15-17-6-5-9-20(14-17)24(34)36-28)32-16-22(18-7-3-2-4-8-18)23(29-32)19-10-12-21(27)13-11-19/h2-14,22H,15-16H2,1H3. The van der Waals surface area contributed by atoms with Crippen LogP contribution >= 0.6 is 34.6 Å². The number of halogens is 2. The van der Waals surface area contributed by atoms with Gasteiger partial charge in [-0.25, -0.2) is 19.3 Å². The summed E-state index contributed by atoms with van der Waals surface area (Å²) in [7, 11) is 1.68. The van der Waals surface area contributed by atoms with E-state index in [-0.39, 0.29) is 18.2 Å². The van der Waals surface area contributed by atoms with E-state index in [1.165, 1.54) is 9.25 Å². The molecule has 1 aromatic heterocycles. The molecule has 3 aromatic carbocycles. The SMILES string of the molecule is Cn1c(N2CC(c3ccccc3)C(c3ccc(Cl)cc3)=N2)nn(Cc2cccc(C(=O)OI)c2)c1=O. The first-order valence-corrected chi connectivity index (χ1v) is 12.4. The number of hydrazone groups is 1. The van der Waals surface area contributed by atoms with Gasteiger partial charge in [0.2, 0.25) is 5.95 Å². The van der Waals surface area contributed by atoms with E-state index in [9.17, 15) is 9.59 Å². The molecule has 36 heavy (non-hydrogen) atoms. The van der Waals surface area contributed by atoms with Crippen molar-refractivity contribution in [2.75, 3.05) is 11.6 Å². The molecule has 0 bridgehead atoms. The first-order valence-electron chi connectivity index (χ1n) is 11.2. The molecular weight excluding hydrogens is 593 g/mol. The van der Waals surface area contributed by atoms with Gasteiger partial charge < -0.3 is 3.07 Å². The molecule has 1 unspecified atom stereocenters. The fraction of sp³-hybridized carbons (Fsp3) is 0.154. The van der Waals surface area contributed by atoms with Crippen molar-refractivity contribution in [3.8, 4) is 0 Å². The lowest BCUT2D eigenvalue weighted by Crippen LogP contribution is -2.25. The largest absolute Gasteiger partial charge is 0.391 e. The van der Waals surface area contributed by atoms with E-state index in [2.05, 4.69) is 17.2 Å². The smallest absolute Gasteiger partial charge is 0.347 e. The van der Waals surface area contributed by atoms with Crippen molar-refractivity contribution in [2.24, 2.45) is 12.1 Å². The Morgan fingerprint density at radius 2 is 1.83 bits per heavy atom. The highest BCUT2D eigenvalue weighted by atomic mass is 127. The third-order valence-electron chi connectivity index (χ3n) is 6.07. The average Bonchev–Trinajstić information content (AvgIpc) is 3.46. The Hall–Kier alpha value is -3.44. The molecule has 0 amide bonds. The number of rotatable bonds is 6. The van der Waals surface area contributed by atoms with E-state index in [0.29, 0.717) is 23.1 Å². The van der Waals surface area contributed by atoms with E-state index < -0.39 is 5.97 Å². The summed E-state index contributed by atoms with van der Waals surface area (Å²) < 4.78 is 7.63. The maximum absolute atomic E-state index is 13.0. The maximum Gasteiger partial charge on any atom is 0.347 e. The lowest BCUT2D eigenvalue weighted by molar-refractivity contribution is 0.0800. The molecular formula is C26H21ClIN5O3. The van der Waals surface area contributed by atoms with Gasteiger partial charge in [-0.05, 0) is 41.0 Å². The molecule has 182 valence electrons. The summed E-state index contributed by atoms with van der Waals surface area (Å²) in [5.41, 5.74) is 3.85. The predicted molar refractivity (Wildman–Crippen MR) is 147 cm³/mol. The molecule has 1 aliphatic rings. The van der Waals surface area contributed by atoms with Crippen LogP contribution in [0.3, 0.4) is 0 Å². The second kappa shape index (κ2) is 10.3. The van der Waals surface area contributed by atoms with E-state index in [1.807, 2.05) is 48.5 Å². The Morgan fingerprint density at radius 1 is 1.08 bits per heavy atom. The van der Waals surface area contributed by atoms with Crippen LogP contribution in [0, 0.1) is 0 Å². The highest BCUT2D eigenvalue weighted by molar-refractivity contribution is 14.1. The third kappa shape index (κ3) is 4.80. The molecule has 1 aliphatic heterocycles. The van der Waals surface area contributed by atoms with Gasteiger partial charge in [0.1, 0.15) is 0 Å². The maximum atomic E-state index is 13.0.